The zero-order chi connectivity index (χ0) is 22.9. The molecule has 1 heterocycles. The van der Waals surface area contributed by atoms with Crippen molar-refractivity contribution in [3.05, 3.63) is 57.9 Å². The highest BCUT2D eigenvalue weighted by Gasteiger charge is 2.13. The number of phenols is 1. The molecule has 4 N–H and O–H groups in total. The van der Waals surface area contributed by atoms with Gasteiger partial charge in [-0.1, -0.05) is 12.1 Å². The molecule has 2 aromatic carbocycles. The first-order valence-electron chi connectivity index (χ1n) is 10.6. The Kier molecular flexibility index (Phi) is 8.33. The Hall–Kier alpha value is -3.26. The molecular formula is C24H29N3O4S. The van der Waals surface area contributed by atoms with Crippen LogP contribution in [0.5, 0.6) is 17.2 Å². The minimum Gasteiger partial charge on any atom is -0.507 e. The molecule has 0 aliphatic heterocycles. The summed E-state index contributed by atoms with van der Waals surface area (Å²) in [5.41, 5.74) is 8.79. The smallest absolute Gasteiger partial charge is 0.170 e. The van der Waals surface area contributed by atoms with Gasteiger partial charge in [-0.2, -0.15) is 0 Å². The molecule has 0 spiro atoms. The number of hydrogen-bond acceptors (Lipinski definition) is 7. The summed E-state index contributed by atoms with van der Waals surface area (Å²) < 4.78 is 11.7. The van der Waals surface area contributed by atoms with E-state index in [1.807, 2.05) is 18.4 Å². The summed E-state index contributed by atoms with van der Waals surface area (Å²) in [5, 5.41) is 25.0. The zero-order valence-electron chi connectivity index (χ0n) is 18.4. The number of aryl methyl sites for hydroxylation is 2. The van der Waals surface area contributed by atoms with Crippen molar-refractivity contribution in [3.63, 3.8) is 0 Å². The predicted octanol–water partition coefficient (Wildman–Crippen LogP) is 5.11. The van der Waals surface area contributed by atoms with E-state index in [1.165, 1.54) is 0 Å². The predicted molar refractivity (Wildman–Crippen MR) is 127 cm³/mol. The van der Waals surface area contributed by atoms with Crippen LogP contribution in [0.1, 0.15) is 42.3 Å². The van der Waals surface area contributed by atoms with Crippen molar-refractivity contribution in [2.24, 2.45) is 10.9 Å². The van der Waals surface area contributed by atoms with Crippen molar-refractivity contribution < 1.29 is 19.8 Å². The van der Waals surface area contributed by atoms with Crippen LogP contribution in [0, 0.1) is 6.92 Å². The molecule has 32 heavy (non-hydrogen) atoms. The summed E-state index contributed by atoms with van der Waals surface area (Å²) >= 11 is 1.57. The van der Waals surface area contributed by atoms with Crippen molar-refractivity contribution in [2.75, 3.05) is 13.2 Å². The maximum atomic E-state index is 10.5. The monoisotopic (exact) mass is 455 g/mol. The molecule has 3 aromatic rings. The molecule has 0 aliphatic carbocycles. The van der Waals surface area contributed by atoms with Crippen LogP contribution in [-0.4, -0.2) is 34.3 Å². The number of phenolic OH excluding ortho intramolecular Hbond substituents is 1. The Bertz CT molecular complexity index is 1050. The van der Waals surface area contributed by atoms with Gasteiger partial charge in [0.1, 0.15) is 17.2 Å². The van der Waals surface area contributed by atoms with Gasteiger partial charge in [-0.3, -0.25) is 0 Å². The number of nitrogens with two attached hydrogens (primary N) is 1. The third kappa shape index (κ3) is 6.13. The van der Waals surface area contributed by atoms with E-state index in [0.717, 1.165) is 59.0 Å². The summed E-state index contributed by atoms with van der Waals surface area (Å²) in [6, 6.07) is 10.8. The van der Waals surface area contributed by atoms with Crippen LogP contribution < -0.4 is 15.2 Å². The lowest BCUT2D eigenvalue weighted by Crippen LogP contribution is -2.12. The van der Waals surface area contributed by atoms with E-state index in [1.54, 1.807) is 41.7 Å². The molecule has 3 rings (SSSR count). The highest BCUT2D eigenvalue weighted by molar-refractivity contribution is 7.09. The van der Waals surface area contributed by atoms with Gasteiger partial charge in [0.2, 0.25) is 0 Å². The van der Waals surface area contributed by atoms with Gasteiger partial charge in [-0.15, -0.1) is 11.3 Å². The Balaban J connectivity index is 1.42. The first kappa shape index (κ1) is 23.4. The van der Waals surface area contributed by atoms with Gasteiger partial charge in [0, 0.05) is 22.6 Å². The molecule has 0 saturated heterocycles. The van der Waals surface area contributed by atoms with E-state index in [0.29, 0.717) is 18.8 Å². The number of benzene rings is 2. The largest absolute Gasteiger partial charge is 0.507 e. The fourth-order valence-corrected chi connectivity index (χ4v) is 3.86. The molecule has 8 heteroatoms. The molecule has 0 amide bonds. The summed E-state index contributed by atoms with van der Waals surface area (Å²) in [7, 11) is 0. The van der Waals surface area contributed by atoms with Crippen molar-refractivity contribution in [1.29, 1.82) is 0 Å². The SMILES string of the molecule is CCc1cc(-c2csc(C)n2)c(O)cc1OCCCCCOc1ccc(C(N)=NO)cc1. The Morgan fingerprint density at radius 2 is 1.81 bits per heavy atom. The first-order chi connectivity index (χ1) is 15.5. The highest BCUT2D eigenvalue weighted by Crippen LogP contribution is 2.36. The summed E-state index contributed by atoms with van der Waals surface area (Å²) in [6.07, 6.45) is 3.57. The lowest BCUT2D eigenvalue weighted by molar-refractivity contribution is 0.277. The highest BCUT2D eigenvalue weighted by atomic mass is 32.1. The fourth-order valence-electron chi connectivity index (χ4n) is 3.25. The molecule has 7 nitrogen and oxygen atoms in total. The molecule has 170 valence electrons. The standard InChI is InChI=1S/C24H29N3O4S/c1-3-17-13-20(21-15-32-16(2)26-21)22(28)14-23(17)31-12-6-4-5-11-30-19-9-7-18(8-10-19)24(25)27-29/h7-10,13-15,28-29H,3-6,11-12H2,1-2H3,(H2,25,27). The lowest BCUT2D eigenvalue weighted by Gasteiger charge is -2.13. The number of hydrogen-bond donors (Lipinski definition) is 3. The number of thiazole rings is 1. The van der Waals surface area contributed by atoms with Gasteiger partial charge in [0.25, 0.3) is 0 Å². The van der Waals surface area contributed by atoms with Gasteiger partial charge in [-0.05, 0) is 68.5 Å². The maximum Gasteiger partial charge on any atom is 0.170 e. The topological polar surface area (TPSA) is 110 Å². The number of amidine groups is 1. The number of unbranched alkanes of at least 4 members (excludes halogenated alkanes) is 2. The van der Waals surface area contributed by atoms with Crippen LogP contribution >= 0.6 is 11.3 Å². The molecule has 0 radical (unpaired) electrons. The van der Waals surface area contributed by atoms with Crippen LogP contribution in [0.15, 0.2) is 46.9 Å². The summed E-state index contributed by atoms with van der Waals surface area (Å²) in [5.74, 6) is 1.73. The van der Waals surface area contributed by atoms with E-state index in [2.05, 4.69) is 17.1 Å². The maximum absolute atomic E-state index is 10.5. The Morgan fingerprint density at radius 3 is 2.44 bits per heavy atom. The summed E-state index contributed by atoms with van der Waals surface area (Å²) in [6.45, 7) is 5.21. The second-order valence-corrected chi connectivity index (χ2v) is 8.41. The van der Waals surface area contributed by atoms with Crippen molar-refractivity contribution in [1.82, 2.24) is 4.98 Å². The second kappa shape index (κ2) is 11.4. The van der Waals surface area contributed by atoms with E-state index in [-0.39, 0.29) is 11.6 Å². The Morgan fingerprint density at radius 1 is 1.09 bits per heavy atom. The fraction of sp³-hybridized carbons (Fsp3) is 0.333. The van der Waals surface area contributed by atoms with Crippen LogP contribution in [0.4, 0.5) is 0 Å². The van der Waals surface area contributed by atoms with Crippen LogP contribution in [0.2, 0.25) is 0 Å². The number of aromatic nitrogens is 1. The number of rotatable bonds is 11. The van der Waals surface area contributed by atoms with Gasteiger partial charge >= 0.3 is 0 Å². The molecular weight excluding hydrogens is 426 g/mol. The minimum absolute atomic E-state index is 0.0731. The Labute approximate surface area is 192 Å². The summed E-state index contributed by atoms with van der Waals surface area (Å²) in [4.78, 5) is 4.47. The van der Waals surface area contributed by atoms with Crippen molar-refractivity contribution in [3.8, 4) is 28.5 Å². The second-order valence-electron chi connectivity index (χ2n) is 7.35. The normalized spacial score (nSPS) is 11.5. The van der Waals surface area contributed by atoms with E-state index in [4.69, 9.17) is 20.4 Å². The van der Waals surface area contributed by atoms with Gasteiger partial charge in [0.05, 0.1) is 23.9 Å². The molecule has 0 atom stereocenters. The molecule has 0 aliphatic rings. The van der Waals surface area contributed by atoms with E-state index < -0.39 is 0 Å². The van der Waals surface area contributed by atoms with Crippen molar-refractivity contribution in [2.45, 2.75) is 39.5 Å². The van der Waals surface area contributed by atoms with Crippen LogP contribution in [-0.2, 0) is 6.42 Å². The molecule has 0 fully saturated rings. The lowest BCUT2D eigenvalue weighted by atomic mass is 10.0. The average Bonchev–Trinajstić information content (AvgIpc) is 3.24. The van der Waals surface area contributed by atoms with Crippen LogP contribution in [0.25, 0.3) is 11.3 Å². The molecule has 0 unspecified atom stereocenters. The van der Waals surface area contributed by atoms with Gasteiger partial charge in [-0.25, -0.2) is 4.98 Å². The number of oxime groups is 1. The van der Waals surface area contributed by atoms with Gasteiger partial charge in [0.15, 0.2) is 5.84 Å². The third-order valence-electron chi connectivity index (χ3n) is 5.03. The van der Waals surface area contributed by atoms with Crippen LogP contribution in [0.3, 0.4) is 0 Å². The average molecular weight is 456 g/mol. The van der Waals surface area contributed by atoms with Gasteiger partial charge < -0.3 is 25.5 Å². The number of nitrogens with zero attached hydrogens (tertiary/aromatic N) is 2. The first-order valence-corrected chi connectivity index (χ1v) is 11.5. The van der Waals surface area contributed by atoms with Crippen molar-refractivity contribution >= 4 is 17.2 Å². The van der Waals surface area contributed by atoms with E-state index >= 15 is 0 Å². The number of ether oxygens (including phenoxy) is 2. The third-order valence-corrected chi connectivity index (χ3v) is 5.80. The van der Waals surface area contributed by atoms with E-state index in [9.17, 15) is 5.11 Å². The zero-order valence-corrected chi connectivity index (χ0v) is 19.2. The molecule has 1 aromatic heterocycles. The minimum atomic E-state index is 0.0731. The molecule has 0 bridgehead atoms. The number of aromatic hydroxyl groups is 1. The quantitative estimate of drug-likeness (QED) is 0.122. The molecule has 0 saturated carbocycles.